The second-order valence-corrected chi connectivity index (χ2v) is 12.0. The van der Waals surface area contributed by atoms with Crippen molar-refractivity contribution >= 4 is 17.9 Å². The zero-order valence-electron chi connectivity index (χ0n) is 22.0. The highest BCUT2D eigenvalue weighted by Crippen LogP contribution is 2.60. The highest BCUT2D eigenvalue weighted by molar-refractivity contribution is 5.97. The summed E-state index contributed by atoms with van der Waals surface area (Å²) < 4.78 is 5.07. The van der Waals surface area contributed by atoms with E-state index in [4.69, 9.17) is 4.74 Å². The van der Waals surface area contributed by atoms with Gasteiger partial charge in [-0.1, -0.05) is 26.0 Å². The largest absolute Gasteiger partial charge is 0.450 e. The van der Waals surface area contributed by atoms with Gasteiger partial charge in [-0.3, -0.25) is 9.59 Å². The van der Waals surface area contributed by atoms with Crippen LogP contribution in [0, 0.1) is 23.7 Å². The Kier molecular flexibility index (Phi) is 7.01. The standard InChI is InChI=1S/C29H41N3O4/c1-4-36-28(35)32-11-9-31(10-12-32)27(34)25(19(2)3)30-26(33)23-5-7-24(8-6-23)29-16-20-13-21(17-29)15-22(14-20)18-29/h5-8,19-22,25H,4,9-18H2,1-3H3,(H,30,33). The quantitative estimate of drug-likeness (QED) is 0.641. The summed E-state index contributed by atoms with van der Waals surface area (Å²) in [5, 5.41) is 3.00. The average Bonchev–Trinajstić information content (AvgIpc) is 2.86. The Morgan fingerprint density at radius 3 is 1.94 bits per heavy atom. The zero-order chi connectivity index (χ0) is 25.4. The van der Waals surface area contributed by atoms with E-state index in [0.717, 1.165) is 17.8 Å². The second-order valence-electron chi connectivity index (χ2n) is 12.0. The molecule has 5 aliphatic rings. The molecule has 36 heavy (non-hydrogen) atoms. The van der Waals surface area contributed by atoms with E-state index in [9.17, 15) is 14.4 Å². The second kappa shape index (κ2) is 10.1. The maximum atomic E-state index is 13.3. The molecule has 3 amide bonds. The first-order valence-corrected chi connectivity index (χ1v) is 13.9. The molecule has 1 N–H and O–H groups in total. The average molecular weight is 496 g/mol. The van der Waals surface area contributed by atoms with E-state index in [1.807, 2.05) is 26.0 Å². The van der Waals surface area contributed by atoms with Crippen LogP contribution in [0.3, 0.4) is 0 Å². The van der Waals surface area contributed by atoms with Crippen LogP contribution in [0.5, 0.6) is 0 Å². The molecule has 1 unspecified atom stereocenters. The molecule has 196 valence electrons. The lowest BCUT2D eigenvalue weighted by Crippen LogP contribution is -2.57. The summed E-state index contributed by atoms with van der Waals surface area (Å²) in [4.78, 5) is 41.8. The molecule has 6 rings (SSSR count). The Morgan fingerprint density at radius 1 is 0.917 bits per heavy atom. The molecule has 1 aliphatic heterocycles. The Labute approximate surface area is 214 Å². The minimum atomic E-state index is -0.602. The first-order valence-electron chi connectivity index (χ1n) is 13.9. The Morgan fingerprint density at radius 2 is 1.44 bits per heavy atom. The number of benzene rings is 1. The van der Waals surface area contributed by atoms with E-state index in [1.165, 1.54) is 44.1 Å². The van der Waals surface area contributed by atoms with Crippen molar-refractivity contribution in [1.82, 2.24) is 15.1 Å². The Hall–Kier alpha value is -2.57. The topological polar surface area (TPSA) is 79.0 Å². The molecule has 7 heteroatoms. The molecule has 0 aromatic heterocycles. The summed E-state index contributed by atoms with van der Waals surface area (Å²) in [5.74, 6) is 2.32. The van der Waals surface area contributed by atoms with Crippen LogP contribution in [-0.4, -0.2) is 66.5 Å². The van der Waals surface area contributed by atoms with Gasteiger partial charge in [0.05, 0.1) is 6.61 Å². The third-order valence-corrected chi connectivity index (χ3v) is 9.13. The van der Waals surface area contributed by atoms with Gasteiger partial charge in [0, 0.05) is 31.7 Å². The van der Waals surface area contributed by atoms with Gasteiger partial charge in [0.2, 0.25) is 5.91 Å². The first kappa shape index (κ1) is 25.1. The summed E-state index contributed by atoms with van der Waals surface area (Å²) in [6, 6.07) is 7.63. The molecule has 4 saturated carbocycles. The number of amides is 3. The van der Waals surface area contributed by atoms with Gasteiger partial charge in [-0.15, -0.1) is 0 Å². The van der Waals surface area contributed by atoms with Crippen molar-refractivity contribution in [3.05, 3.63) is 35.4 Å². The van der Waals surface area contributed by atoms with Crippen LogP contribution >= 0.6 is 0 Å². The van der Waals surface area contributed by atoms with Crippen LogP contribution in [0.2, 0.25) is 0 Å². The van der Waals surface area contributed by atoms with Crippen LogP contribution in [-0.2, 0) is 14.9 Å². The number of carbonyl (C=O) groups is 3. The van der Waals surface area contributed by atoms with Gasteiger partial charge in [0.15, 0.2) is 0 Å². The van der Waals surface area contributed by atoms with Crippen LogP contribution in [0.15, 0.2) is 24.3 Å². The maximum Gasteiger partial charge on any atom is 0.409 e. The lowest BCUT2D eigenvalue weighted by atomic mass is 9.48. The van der Waals surface area contributed by atoms with Crippen LogP contribution in [0.1, 0.15) is 75.2 Å². The number of hydrogen-bond donors (Lipinski definition) is 1. The molecule has 7 nitrogen and oxygen atoms in total. The van der Waals surface area contributed by atoms with Crippen molar-refractivity contribution in [3.8, 4) is 0 Å². The zero-order valence-corrected chi connectivity index (χ0v) is 22.0. The highest BCUT2D eigenvalue weighted by atomic mass is 16.6. The number of carbonyl (C=O) groups excluding carboxylic acids is 3. The lowest BCUT2D eigenvalue weighted by molar-refractivity contribution is -0.135. The summed E-state index contributed by atoms with van der Waals surface area (Å²) in [6.07, 6.45) is 7.83. The summed E-state index contributed by atoms with van der Waals surface area (Å²) in [5.41, 5.74) is 2.31. The van der Waals surface area contributed by atoms with Gasteiger partial charge >= 0.3 is 6.09 Å². The minimum Gasteiger partial charge on any atom is -0.450 e. The number of ether oxygens (including phenoxy) is 1. The molecule has 4 bridgehead atoms. The summed E-state index contributed by atoms with van der Waals surface area (Å²) >= 11 is 0. The molecule has 1 saturated heterocycles. The van der Waals surface area contributed by atoms with E-state index in [0.29, 0.717) is 43.8 Å². The van der Waals surface area contributed by atoms with Crippen molar-refractivity contribution in [3.63, 3.8) is 0 Å². The summed E-state index contributed by atoms with van der Waals surface area (Å²) in [7, 11) is 0. The predicted molar refractivity (Wildman–Crippen MR) is 138 cm³/mol. The van der Waals surface area contributed by atoms with Crippen molar-refractivity contribution in [2.45, 2.75) is 70.8 Å². The van der Waals surface area contributed by atoms with Gasteiger partial charge in [0.1, 0.15) is 6.04 Å². The molecule has 1 heterocycles. The Bertz CT molecular complexity index is 945. The van der Waals surface area contributed by atoms with Gasteiger partial charge in [-0.2, -0.15) is 0 Å². The molecule has 0 spiro atoms. The van der Waals surface area contributed by atoms with Crippen LogP contribution < -0.4 is 5.32 Å². The molecule has 5 fully saturated rings. The van der Waals surface area contributed by atoms with Crippen molar-refractivity contribution < 1.29 is 19.1 Å². The predicted octanol–water partition coefficient (Wildman–Crippen LogP) is 4.21. The van der Waals surface area contributed by atoms with E-state index in [1.54, 1.807) is 16.7 Å². The van der Waals surface area contributed by atoms with Gasteiger partial charge in [-0.25, -0.2) is 4.79 Å². The molecule has 1 aromatic rings. The SMILES string of the molecule is CCOC(=O)N1CCN(C(=O)C(NC(=O)c2ccc(C34CC5CC(CC(C5)C3)C4)cc2)C(C)C)CC1. The lowest BCUT2D eigenvalue weighted by Gasteiger charge is -2.57. The van der Waals surface area contributed by atoms with Gasteiger partial charge < -0.3 is 19.9 Å². The van der Waals surface area contributed by atoms with E-state index >= 15 is 0 Å². The van der Waals surface area contributed by atoms with Crippen molar-refractivity contribution in [2.75, 3.05) is 32.8 Å². The molecule has 1 aromatic carbocycles. The highest BCUT2D eigenvalue weighted by Gasteiger charge is 2.51. The number of nitrogens with zero attached hydrogens (tertiary/aromatic N) is 2. The monoisotopic (exact) mass is 495 g/mol. The van der Waals surface area contributed by atoms with Crippen molar-refractivity contribution in [2.24, 2.45) is 23.7 Å². The number of hydrogen-bond acceptors (Lipinski definition) is 4. The fourth-order valence-corrected chi connectivity index (χ4v) is 7.70. The third-order valence-electron chi connectivity index (χ3n) is 9.13. The number of nitrogens with one attached hydrogen (secondary N) is 1. The maximum absolute atomic E-state index is 13.3. The molecule has 0 radical (unpaired) electrons. The smallest absolute Gasteiger partial charge is 0.409 e. The van der Waals surface area contributed by atoms with E-state index in [-0.39, 0.29) is 23.8 Å². The van der Waals surface area contributed by atoms with Gasteiger partial charge in [0.25, 0.3) is 5.91 Å². The van der Waals surface area contributed by atoms with Crippen LogP contribution in [0.25, 0.3) is 0 Å². The van der Waals surface area contributed by atoms with Crippen LogP contribution in [0.4, 0.5) is 4.79 Å². The first-order chi connectivity index (χ1) is 17.3. The summed E-state index contributed by atoms with van der Waals surface area (Å²) in [6.45, 7) is 7.78. The molecule has 4 aliphatic carbocycles. The molecule has 1 atom stereocenters. The van der Waals surface area contributed by atoms with Gasteiger partial charge in [-0.05, 0) is 92.2 Å². The van der Waals surface area contributed by atoms with E-state index < -0.39 is 6.04 Å². The van der Waals surface area contributed by atoms with Crippen molar-refractivity contribution in [1.29, 1.82) is 0 Å². The fourth-order valence-electron chi connectivity index (χ4n) is 7.70. The molecular formula is C29H41N3O4. The molecular weight excluding hydrogens is 454 g/mol. The third kappa shape index (κ3) is 4.85. The fraction of sp³-hybridized carbons (Fsp3) is 0.690. The Balaban J connectivity index is 1.21. The normalized spacial score (nSPS) is 29.8. The number of piperazine rings is 1. The minimum absolute atomic E-state index is 0.0455. The van der Waals surface area contributed by atoms with E-state index in [2.05, 4.69) is 17.4 Å². The number of rotatable bonds is 6.